The van der Waals surface area contributed by atoms with Gasteiger partial charge in [-0.05, 0) is 0 Å². The van der Waals surface area contributed by atoms with E-state index >= 15 is 0 Å². The van der Waals surface area contributed by atoms with E-state index in [1.165, 1.54) is 12.8 Å². The van der Waals surface area contributed by atoms with Crippen molar-refractivity contribution in [3.8, 4) is 0 Å². The standard InChI is InChI=1S/2C4H9.FH.H2O.Sn/c2*1-3-4-2;;;/h2*1,3-4H2,2H3;1H;1H2;/q;;;;+1/p-1. The fourth-order valence-electron chi connectivity index (χ4n) is 0.862. The molecule has 0 saturated carbocycles. The monoisotopic (exact) mass is 271 g/mol. The smallest absolute Gasteiger partial charge is 0.412 e. The van der Waals surface area contributed by atoms with Gasteiger partial charge in [0.15, 0.2) is 0 Å². The Balaban J connectivity index is 0. The van der Waals surface area contributed by atoms with E-state index in [0.29, 0.717) is 0 Å². The van der Waals surface area contributed by atoms with Gasteiger partial charge in [0.1, 0.15) is 0 Å². The molecule has 0 aromatic carbocycles. The van der Waals surface area contributed by atoms with E-state index in [-0.39, 0.29) is 5.48 Å². The van der Waals surface area contributed by atoms with Gasteiger partial charge in [-0.15, -0.1) is 0 Å². The Hall–Kier alpha value is 0.689. The van der Waals surface area contributed by atoms with Crippen LogP contribution in [0.3, 0.4) is 0 Å². The van der Waals surface area contributed by atoms with Crippen molar-refractivity contribution in [3.63, 3.8) is 0 Å². The first-order valence-corrected chi connectivity index (χ1v) is 9.43. The number of unbranched alkanes of at least 4 members (excludes halogenated alkanes) is 2. The van der Waals surface area contributed by atoms with Crippen LogP contribution in [-0.4, -0.2) is 25.8 Å². The summed E-state index contributed by atoms with van der Waals surface area (Å²) >= 11 is -2.24. The van der Waals surface area contributed by atoms with Crippen molar-refractivity contribution in [3.05, 3.63) is 0 Å². The zero-order chi connectivity index (χ0) is 7.82. The maximum absolute atomic E-state index is 13.0. The van der Waals surface area contributed by atoms with Gasteiger partial charge in [0.25, 0.3) is 0 Å². The average molecular weight is 270 g/mol. The molecule has 3 heteroatoms. The molecule has 1 radical (unpaired) electrons. The molecule has 2 N–H and O–H groups in total. The minimum atomic E-state index is -2.24. The van der Waals surface area contributed by atoms with Gasteiger partial charge in [0.05, 0.1) is 0 Å². The molecule has 0 saturated heterocycles. The Bertz CT molecular complexity index is 63.1. The van der Waals surface area contributed by atoms with Gasteiger partial charge >= 0.3 is 71.6 Å². The van der Waals surface area contributed by atoms with E-state index < -0.39 is 20.3 Å². The molecule has 69 valence electrons. The summed E-state index contributed by atoms with van der Waals surface area (Å²) in [6.45, 7) is 4.27. The third-order valence-corrected chi connectivity index (χ3v) is 6.72. The molecule has 0 aliphatic carbocycles. The van der Waals surface area contributed by atoms with E-state index in [2.05, 4.69) is 13.8 Å². The molecule has 0 aliphatic heterocycles. The molecule has 0 aromatic rings. The van der Waals surface area contributed by atoms with E-state index in [1.54, 1.807) is 0 Å². The Morgan fingerprint density at radius 2 is 1.36 bits per heavy atom. The molecule has 0 atom stereocenters. The molecular formula is C8H20FOSn. The van der Waals surface area contributed by atoms with Gasteiger partial charge in [-0.25, -0.2) is 0 Å². The largest absolute Gasteiger partial charge is 0.412 e. The zero-order valence-corrected chi connectivity index (χ0v) is 10.5. The number of hydrogen-bond donors (Lipinski definition) is 0. The van der Waals surface area contributed by atoms with Crippen LogP contribution < -0.4 is 0 Å². The molecule has 0 bridgehead atoms. The number of halogens is 1. The summed E-state index contributed by atoms with van der Waals surface area (Å²) in [7, 11) is 0. The molecule has 1 nitrogen and oxygen atoms in total. The molecule has 0 fully saturated rings. The van der Waals surface area contributed by atoms with Crippen molar-refractivity contribution >= 4 is 20.3 Å². The topological polar surface area (TPSA) is 31.5 Å². The van der Waals surface area contributed by atoms with Crippen LogP contribution >= 0.6 is 0 Å². The molecule has 0 rings (SSSR count). The van der Waals surface area contributed by atoms with Gasteiger partial charge in [0.2, 0.25) is 0 Å². The second-order valence-electron chi connectivity index (χ2n) is 2.72. The first kappa shape index (κ1) is 14.2. The summed E-state index contributed by atoms with van der Waals surface area (Å²) in [6.07, 6.45) is 4.60. The van der Waals surface area contributed by atoms with Crippen molar-refractivity contribution in [1.82, 2.24) is 0 Å². The van der Waals surface area contributed by atoms with Crippen molar-refractivity contribution in [2.75, 3.05) is 0 Å². The zero-order valence-electron chi connectivity index (χ0n) is 7.62. The molecule has 0 unspecified atom stereocenters. The molecule has 0 amide bonds. The van der Waals surface area contributed by atoms with Crippen molar-refractivity contribution in [2.45, 2.75) is 48.4 Å². The molecule has 0 heterocycles. The molecule has 0 aliphatic rings. The maximum Gasteiger partial charge on any atom is -0.412 e. The Labute approximate surface area is 77.2 Å². The van der Waals surface area contributed by atoms with E-state index in [0.717, 1.165) is 21.7 Å². The summed E-state index contributed by atoms with van der Waals surface area (Å²) < 4.78 is 14.9. The number of hydrogen-bond acceptors (Lipinski definition) is 0. The van der Waals surface area contributed by atoms with Crippen molar-refractivity contribution in [1.29, 1.82) is 0 Å². The van der Waals surface area contributed by atoms with Crippen LogP contribution in [0, 0.1) is 0 Å². The minimum Gasteiger partial charge on any atom is -0.412 e. The summed E-state index contributed by atoms with van der Waals surface area (Å²) in [5.41, 5.74) is 0. The normalized spacial score (nSPS) is 9.82. The summed E-state index contributed by atoms with van der Waals surface area (Å²) in [5.74, 6) is 0. The van der Waals surface area contributed by atoms with Gasteiger partial charge in [-0.1, -0.05) is 0 Å². The second-order valence-corrected chi connectivity index (χ2v) is 8.53. The number of rotatable bonds is 6. The van der Waals surface area contributed by atoms with Crippen molar-refractivity contribution < 1.29 is 8.34 Å². The van der Waals surface area contributed by atoms with Gasteiger partial charge in [-0.3, -0.25) is 0 Å². The fraction of sp³-hybridized carbons (Fsp3) is 1.00. The Morgan fingerprint density at radius 1 is 1.00 bits per heavy atom. The molecule has 0 aromatic heterocycles. The Kier molecular flexibility index (Phi) is 13.8. The van der Waals surface area contributed by atoms with Crippen LogP contribution in [0.5, 0.6) is 0 Å². The van der Waals surface area contributed by atoms with Crippen LogP contribution in [0.1, 0.15) is 39.5 Å². The quantitative estimate of drug-likeness (QED) is 0.664. The first-order valence-electron chi connectivity index (χ1n) is 4.31. The summed E-state index contributed by atoms with van der Waals surface area (Å²) in [4.78, 5) is 0. The maximum atomic E-state index is 13.0. The second kappa shape index (κ2) is 10.7. The van der Waals surface area contributed by atoms with Crippen LogP contribution in [-0.2, 0) is 0 Å². The van der Waals surface area contributed by atoms with E-state index in [9.17, 15) is 2.87 Å². The summed E-state index contributed by atoms with van der Waals surface area (Å²) in [5, 5.41) is 0. The molecular weight excluding hydrogens is 250 g/mol. The van der Waals surface area contributed by atoms with Gasteiger partial charge in [-0.2, -0.15) is 0 Å². The predicted octanol–water partition coefficient (Wildman–Crippen LogP) is 2.72. The molecule has 11 heavy (non-hydrogen) atoms. The van der Waals surface area contributed by atoms with Gasteiger partial charge in [0, 0.05) is 0 Å². The van der Waals surface area contributed by atoms with E-state index in [1.807, 2.05) is 0 Å². The van der Waals surface area contributed by atoms with Crippen LogP contribution in [0.2, 0.25) is 8.87 Å². The minimum absolute atomic E-state index is 0. The Morgan fingerprint density at radius 3 is 1.64 bits per heavy atom. The summed E-state index contributed by atoms with van der Waals surface area (Å²) in [6, 6.07) is 0. The predicted molar refractivity (Wildman–Crippen MR) is 49.9 cm³/mol. The van der Waals surface area contributed by atoms with Crippen LogP contribution in [0.25, 0.3) is 0 Å². The van der Waals surface area contributed by atoms with E-state index in [4.69, 9.17) is 0 Å². The average Bonchev–Trinajstić information content (AvgIpc) is 1.97. The first-order chi connectivity index (χ1) is 4.81. The van der Waals surface area contributed by atoms with Crippen LogP contribution in [0.4, 0.5) is 2.87 Å². The third kappa shape index (κ3) is 10.7. The van der Waals surface area contributed by atoms with Crippen LogP contribution in [0.15, 0.2) is 0 Å². The SMILES string of the molecule is CCC[CH2][Sn]([F])[CH2]CCC.O. The fourth-order valence-corrected chi connectivity index (χ4v) is 5.78. The van der Waals surface area contributed by atoms with Crippen molar-refractivity contribution in [2.24, 2.45) is 0 Å². The third-order valence-electron chi connectivity index (χ3n) is 1.60. The molecule has 0 spiro atoms. The van der Waals surface area contributed by atoms with Gasteiger partial charge < -0.3 is 5.48 Å².